The second-order valence-electron chi connectivity index (χ2n) is 3.99. The van der Waals surface area contributed by atoms with Crippen LogP contribution in [0, 0.1) is 6.92 Å². The molecule has 0 amide bonds. The first-order valence-corrected chi connectivity index (χ1v) is 5.73. The molecule has 4 nitrogen and oxygen atoms in total. The summed E-state index contributed by atoms with van der Waals surface area (Å²) in [6, 6.07) is 7.95. The lowest BCUT2D eigenvalue weighted by Gasteiger charge is -2.08. The summed E-state index contributed by atoms with van der Waals surface area (Å²) in [5, 5.41) is 7.99. The molecule has 0 bridgehead atoms. The molecule has 0 saturated carbocycles. The summed E-state index contributed by atoms with van der Waals surface area (Å²) in [4.78, 5) is 10.9. The zero-order valence-electron chi connectivity index (χ0n) is 10.1. The van der Waals surface area contributed by atoms with E-state index < -0.39 is 0 Å². The minimum Gasteiger partial charge on any atom is -0.296 e. The molecule has 2 aromatic rings. The van der Waals surface area contributed by atoms with Crippen molar-refractivity contribution in [3.8, 4) is 5.69 Å². The van der Waals surface area contributed by atoms with Gasteiger partial charge >= 0.3 is 0 Å². The maximum atomic E-state index is 10.9. The summed E-state index contributed by atoms with van der Waals surface area (Å²) in [7, 11) is 0. The van der Waals surface area contributed by atoms with Crippen molar-refractivity contribution in [3.05, 3.63) is 41.2 Å². The average Bonchev–Trinajstić information content (AvgIpc) is 2.73. The van der Waals surface area contributed by atoms with Crippen molar-refractivity contribution in [1.82, 2.24) is 15.0 Å². The van der Waals surface area contributed by atoms with Crippen LogP contribution >= 0.6 is 0 Å². The molecule has 0 aliphatic carbocycles. The summed E-state index contributed by atoms with van der Waals surface area (Å²) in [6.07, 6.45) is 2.53. The van der Waals surface area contributed by atoms with Crippen molar-refractivity contribution < 1.29 is 4.79 Å². The van der Waals surface area contributed by atoms with Gasteiger partial charge in [-0.25, -0.2) is 4.68 Å². The lowest BCUT2D eigenvalue weighted by Crippen LogP contribution is -2.05. The quantitative estimate of drug-likeness (QED) is 0.756. The number of carbonyl (C=O) groups is 1. The maximum absolute atomic E-state index is 10.9. The molecular formula is C13H15N3O. The van der Waals surface area contributed by atoms with Crippen LogP contribution in [-0.4, -0.2) is 21.3 Å². The first-order chi connectivity index (χ1) is 8.27. The van der Waals surface area contributed by atoms with Crippen molar-refractivity contribution in [1.29, 1.82) is 0 Å². The standard InChI is InChI=1S/C13H15N3O/c1-3-6-13-11(9-17)14-15-16(13)12-8-5-4-7-10(12)2/h4-5,7-9H,3,6H2,1-2H3. The fourth-order valence-corrected chi connectivity index (χ4v) is 1.87. The van der Waals surface area contributed by atoms with E-state index in [9.17, 15) is 4.79 Å². The minimum atomic E-state index is 0.440. The molecule has 0 N–H and O–H groups in total. The van der Waals surface area contributed by atoms with E-state index in [0.29, 0.717) is 5.69 Å². The first kappa shape index (κ1) is 11.5. The molecule has 0 spiro atoms. The van der Waals surface area contributed by atoms with Gasteiger partial charge in [0, 0.05) is 0 Å². The van der Waals surface area contributed by atoms with Crippen LogP contribution in [0.25, 0.3) is 5.69 Å². The molecular weight excluding hydrogens is 214 g/mol. The van der Waals surface area contributed by atoms with Gasteiger partial charge in [0.2, 0.25) is 0 Å². The van der Waals surface area contributed by atoms with Crippen molar-refractivity contribution in [3.63, 3.8) is 0 Å². The number of aldehydes is 1. The first-order valence-electron chi connectivity index (χ1n) is 5.73. The number of hydrogen-bond acceptors (Lipinski definition) is 3. The van der Waals surface area contributed by atoms with Gasteiger partial charge in [0.1, 0.15) is 5.69 Å². The Balaban J connectivity index is 2.55. The van der Waals surface area contributed by atoms with Crippen LogP contribution in [0.5, 0.6) is 0 Å². The van der Waals surface area contributed by atoms with Crippen LogP contribution in [0.2, 0.25) is 0 Å². The van der Waals surface area contributed by atoms with Crippen LogP contribution in [0.1, 0.15) is 35.1 Å². The highest BCUT2D eigenvalue weighted by molar-refractivity contribution is 5.73. The number of hydrogen-bond donors (Lipinski definition) is 0. The van der Waals surface area contributed by atoms with Crippen LogP contribution in [-0.2, 0) is 6.42 Å². The van der Waals surface area contributed by atoms with Gasteiger partial charge in [-0.2, -0.15) is 0 Å². The third-order valence-corrected chi connectivity index (χ3v) is 2.74. The van der Waals surface area contributed by atoms with Crippen LogP contribution in [0.15, 0.2) is 24.3 Å². The highest BCUT2D eigenvalue weighted by atomic mass is 16.1. The molecule has 1 aromatic heterocycles. The average molecular weight is 229 g/mol. The molecule has 17 heavy (non-hydrogen) atoms. The summed E-state index contributed by atoms with van der Waals surface area (Å²) < 4.78 is 1.77. The predicted molar refractivity (Wildman–Crippen MR) is 65.5 cm³/mol. The highest BCUT2D eigenvalue weighted by Crippen LogP contribution is 2.17. The zero-order chi connectivity index (χ0) is 12.3. The Labute approximate surface area is 100 Å². The second kappa shape index (κ2) is 4.91. The van der Waals surface area contributed by atoms with Gasteiger partial charge in [0.25, 0.3) is 0 Å². The third kappa shape index (κ3) is 2.11. The van der Waals surface area contributed by atoms with Gasteiger partial charge < -0.3 is 0 Å². The molecule has 2 rings (SSSR count). The lowest BCUT2D eigenvalue weighted by atomic mass is 10.1. The van der Waals surface area contributed by atoms with Crippen molar-refractivity contribution in [2.75, 3.05) is 0 Å². The molecule has 0 aliphatic rings. The largest absolute Gasteiger partial charge is 0.296 e. The molecule has 0 unspecified atom stereocenters. The molecule has 1 heterocycles. The van der Waals surface area contributed by atoms with Gasteiger partial charge in [-0.3, -0.25) is 4.79 Å². The number of aromatic nitrogens is 3. The SMILES string of the molecule is CCCc1c(C=O)nnn1-c1ccccc1C. The molecule has 0 radical (unpaired) electrons. The molecule has 0 aliphatic heterocycles. The van der Waals surface area contributed by atoms with Gasteiger partial charge in [-0.15, -0.1) is 5.10 Å². The number of para-hydroxylation sites is 1. The summed E-state index contributed by atoms with van der Waals surface area (Å²) in [6.45, 7) is 4.09. The number of carbonyl (C=O) groups excluding carboxylic acids is 1. The van der Waals surface area contributed by atoms with E-state index >= 15 is 0 Å². The van der Waals surface area contributed by atoms with Gasteiger partial charge in [0.15, 0.2) is 6.29 Å². The Morgan fingerprint density at radius 1 is 1.35 bits per heavy atom. The highest BCUT2D eigenvalue weighted by Gasteiger charge is 2.13. The smallest absolute Gasteiger partial charge is 0.172 e. The van der Waals surface area contributed by atoms with E-state index in [1.807, 2.05) is 31.2 Å². The summed E-state index contributed by atoms with van der Waals surface area (Å²) in [5.41, 5.74) is 3.43. The molecule has 1 aromatic carbocycles. The summed E-state index contributed by atoms with van der Waals surface area (Å²) in [5.74, 6) is 0. The molecule has 0 fully saturated rings. The predicted octanol–water partition coefficient (Wildman–Crippen LogP) is 2.34. The van der Waals surface area contributed by atoms with Crippen molar-refractivity contribution >= 4 is 6.29 Å². The Bertz CT molecular complexity index is 531. The number of rotatable bonds is 4. The van der Waals surface area contributed by atoms with Crippen molar-refractivity contribution in [2.45, 2.75) is 26.7 Å². The van der Waals surface area contributed by atoms with Gasteiger partial charge in [-0.05, 0) is 25.0 Å². The Morgan fingerprint density at radius 3 is 2.76 bits per heavy atom. The normalized spacial score (nSPS) is 10.5. The zero-order valence-corrected chi connectivity index (χ0v) is 10.1. The maximum Gasteiger partial charge on any atom is 0.172 e. The van der Waals surface area contributed by atoms with Crippen LogP contribution in [0.4, 0.5) is 0 Å². The van der Waals surface area contributed by atoms with E-state index in [1.165, 1.54) is 0 Å². The lowest BCUT2D eigenvalue weighted by molar-refractivity contribution is 0.111. The van der Waals surface area contributed by atoms with Crippen LogP contribution < -0.4 is 0 Å². The van der Waals surface area contributed by atoms with Crippen molar-refractivity contribution in [2.24, 2.45) is 0 Å². The molecule has 4 heteroatoms. The number of benzene rings is 1. The second-order valence-corrected chi connectivity index (χ2v) is 3.99. The van der Waals surface area contributed by atoms with E-state index in [-0.39, 0.29) is 0 Å². The number of nitrogens with zero attached hydrogens (tertiary/aromatic N) is 3. The van der Waals surface area contributed by atoms with E-state index in [1.54, 1.807) is 4.68 Å². The number of aryl methyl sites for hydroxylation is 1. The van der Waals surface area contributed by atoms with Gasteiger partial charge in [0.05, 0.1) is 11.4 Å². The fourth-order valence-electron chi connectivity index (χ4n) is 1.87. The van der Waals surface area contributed by atoms with E-state index in [4.69, 9.17) is 0 Å². The summed E-state index contributed by atoms with van der Waals surface area (Å²) >= 11 is 0. The van der Waals surface area contributed by atoms with E-state index in [2.05, 4.69) is 17.2 Å². The topological polar surface area (TPSA) is 47.8 Å². The Morgan fingerprint density at radius 2 is 2.12 bits per heavy atom. The Hall–Kier alpha value is -1.97. The third-order valence-electron chi connectivity index (χ3n) is 2.74. The Kier molecular flexibility index (Phi) is 3.32. The van der Waals surface area contributed by atoms with Gasteiger partial charge in [-0.1, -0.05) is 36.8 Å². The monoisotopic (exact) mass is 229 g/mol. The molecule has 0 saturated heterocycles. The van der Waals surface area contributed by atoms with Crippen LogP contribution in [0.3, 0.4) is 0 Å². The molecule has 88 valence electrons. The fraction of sp³-hybridized carbons (Fsp3) is 0.308. The molecule has 0 atom stereocenters. The minimum absolute atomic E-state index is 0.440. The van der Waals surface area contributed by atoms with E-state index in [0.717, 1.165) is 36.1 Å².